The van der Waals surface area contributed by atoms with Gasteiger partial charge in [-0.1, -0.05) is 48.2 Å². The summed E-state index contributed by atoms with van der Waals surface area (Å²) in [6.07, 6.45) is 11.4. The number of aryl methyl sites for hydroxylation is 1. The lowest BCUT2D eigenvalue weighted by atomic mass is 9.74. The van der Waals surface area contributed by atoms with E-state index in [0.717, 1.165) is 56.0 Å². The number of nitrogens with one attached hydrogen (secondary N) is 1. The molecule has 2 aliphatic rings. The molecule has 1 heterocycles. The van der Waals surface area contributed by atoms with E-state index in [9.17, 15) is 0 Å². The van der Waals surface area contributed by atoms with Crippen LogP contribution in [-0.2, 0) is 19.3 Å². The van der Waals surface area contributed by atoms with Crippen LogP contribution in [0.5, 0.6) is 5.75 Å². The number of fused-ring (bicyclic) bond motifs is 1. The van der Waals surface area contributed by atoms with Crippen molar-refractivity contribution < 1.29 is 4.74 Å². The first-order valence-corrected chi connectivity index (χ1v) is 11.2. The van der Waals surface area contributed by atoms with Crippen molar-refractivity contribution in [2.45, 2.75) is 71.1 Å². The van der Waals surface area contributed by atoms with Gasteiger partial charge in [0.15, 0.2) is 5.82 Å². The summed E-state index contributed by atoms with van der Waals surface area (Å²) in [6, 6.07) is 2.14. The highest BCUT2D eigenvalue weighted by Gasteiger charge is 2.42. The van der Waals surface area contributed by atoms with Crippen LogP contribution in [0, 0.1) is 11.3 Å². The smallest absolute Gasteiger partial charge is 0.174 e. The molecule has 0 radical (unpaired) electrons. The number of tetrazole rings is 1. The highest BCUT2D eigenvalue weighted by Crippen LogP contribution is 2.52. The summed E-state index contributed by atoms with van der Waals surface area (Å²) in [5, 5.41) is 15.3. The maximum atomic E-state index is 6.66. The number of hydrogen-bond donors (Lipinski definition) is 1. The van der Waals surface area contributed by atoms with Crippen molar-refractivity contribution in [1.82, 2.24) is 20.6 Å². The van der Waals surface area contributed by atoms with Crippen LogP contribution in [0.3, 0.4) is 0 Å². The number of unbranched alkanes of at least 4 members (excludes halogenated alkanes) is 2. The highest BCUT2D eigenvalue weighted by atomic mass is 35.5. The molecular formula is C21H28Cl2N4O. The maximum absolute atomic E-state index is 6.66. The fourth-order valence-corrected chi connectivity index (χ4v) is 5.49. The second-order valence-corrected chi connectivity index (χ2v) is 9.37. The molecule has 28 heavy (non-hydrogen) atoms. The van der Waals surface area contributed by atoms with Crippen LogP contribution in [0.2, 0.25) is 10.0 Å². The van der Waals surface area contributed by atoms with Crippen molar-refractivity contribution >= 4 is 23.2 Å². The Hall–Kier alpha value is -1.33. The molecule has 1 N–H and O–H groups in total. The third-order valence-corrected chi connectivity index (χ3v) is 7.46. The lowest BCUT2D eigenvalue weighted by molar-refractivity contribution is 0.203. The number of ether oxygens (including phenoxy) is 1. The number of aromatic nitrogens is 4. The summed E-state index contributed by atoms with van der Waals surface area (Å²) in [5.74, 6) is 2.30. The molecule has 5 nitrogen and oxygen atoms in total. The molecule has 7 heteroatoms. The predicted molar refractivity (Wildman–Crippen MR) is 111 cm³/mol. The van der Waals surface area contributed by atoms with E-state index in [1.807, 2.05) is 0 Å². The second-order valence-electron chi connectivity index (χ2n) is 8.62. The molecule has 152 valence electrons. The Balaban J connectivity index is 1.33. The van der Waals surface area contributed by atoms with E-state index < -0.39 is 0 Å². The summed E-state index contributed by atoms with van der Waals surface area (Å²) in [7, 11) is 0. The number of halogens is 2. The Bertz CT molecular complexity index is 805. The monoisotopic (exact) mass is 422 g/mol. The first-order chi connectivity index (χ1) is 13.6. The summed E-state index contributed by atoms with van der Waals surface area (Å²) >= 11 is 13.2. The average Bonchev–Trinajstić information content (AvgIpc) is 3.43. The molecule has 2 aliphatic carbocycles. The summed E-state index contributed by atoms with van der Waals surface area (Å²) in [6.45, 7) is 3.07. The van der Waals surface area contributed by atoms with Gasteiger partial charge in [0, 0.05) is 6.42 Å². The largest absolute Gasteiger partial charge is 0.492 e. The van der Waals surface area contributed by atoms with Crippen LogP contribution >= 0.6 is 23.2 Å². The van der Waals surface area contributed by atoms with Gasteiger partial charge in [-0.05, 0) is 73.5 Å². The van der Waals surface area contributed by atoms with Gasteiger partial charge in [0.25, 0.3) is 0 Å². The average molecular weight is 423 g/mol. The van der Waals surface area contributed by atoms with Gasteiger partial charge in [-0.3, -0.25) is 0 Å². The third kappa shape index (κ3) is 4.16. The van der Waals surface area contributed by atoms with Crippen molar-refractivity contribution in [3.05, 3.63) is 33.1 Å². The number of benzene rings is 1. The zero-order valence-corrected chi connectivity index (χ0v) is 18.0. The van der Waals surface area contributed by atoms with Crippen LogP contribution in [0.15, 0.2) is 6.07 Å². The van der Waals surface area contributed by atoms with Crippen molar-refractivity contribution in [1.29, 1.82) is 0 Å². The van der Waals surface area contributed by atoms with Crippen LogP contribution in [0.25, 0.3) is 0 Å². The minimum Gasteiger partial charge on any atom is -0.492 e. The van der Waals surface area contributed by atoms with Gasteiger partial charge >= 0.3 is 0 Å². The third-order valence-electron chi connectivity index (χ3n) is 6.57. The molecule has 1 unspecified atom stereocenters. The molecular weight excluding hydrogens is 395 g/mol. The van der Waals surface area contributed by atoms with E-state index in [-0.39, 0.29) is 0 Å². The molecule has 2 aromatic rings. The SMILES string of the molecule is CC1(C2CCCC2)Cc2cc(OCCCCCc3nn[nH]n3)c(Cl)c(Cl)c2C1. The Morgan fingerprint density at radius 1 is 1.14 bits per heavy atom. The Morgan fingerprint density at radius 2 is 1.96 bits per heavy atom. The lowest BCUT2D eigenvalue weighted by Crippen LogP contribution is -2.26. The highest BCUT2D eigenvalue weighted by molar-refractivity contribution is 6.43. The first-order valence-electron chi connectivity index (χ1n) is 10.4. The van der Waals surface area contributed by atoms with E-state index >= 15 is 0 Å². The summed E-state index contributed by atoms with van der Waals surface area (Å²) < 4.78 is 6.01. The van der Waals surface area contributed by atoms with Crippen LogP contribution < -0.4 is 4.74 Å². The van der Waals surface area contributed by atoms with Crippen molar-refractivity contribution in [2.75, 3.05) is 6.61 Å². The Labute approximate surface area is 176 Å². The van der Waals surface area contributed by atoms with E-state index in [0.29, 0.717) is 22.1 Å². The topological polar surface area (TPSA) is 63.7 Å². The standard InChI is InChI=1S/C21H28Cl2N4O/c1-21(15-7-4-5-8-15)12-14-11-17(20(23)19(22)16(14)13-21)28-10-6-2-3-9-18-24-26-27-25-18/h11,15H,2-10,12-13H2,1H3,(H,24,25,26,27). The molecule has 1 atom stereocenters. The van der Waals surface area contributed by atoms with E-state index in [4.69, 9.17) is 27.9 Å². The molecule has 4 rings (SSSR count). The van der Waals surface area contributed by atoms with Crippen LogP contribution in [0.4, 0.5) is 0 Å². The van der Waals surface area contributed by atoms with Crippen molar-refractivity contribution in [2.24, 2.45) is 11.3 Å². The number of aromatic amines is 1. The van der Waals surface area contributed by atoms with Crippen molar-refractivity contribution in [3.63, 3.8) is 0 Å². The minimum absolute atomic E-state index is 0.319. The Kier molecular flexibility index (Phi) is 6.12. The molecule has 1 saturated carbocycles. The number of nitrogens with zero attached hydrogens (tertiary/aromatic N) is 3. The first kappa shape index (κ1) is 20.0. The minimum atomic E-state index is 0.319. The van der Waals surface area contributed by atoms with Gasteiger partial charge in [-0.15, -0.1) is 10.2 Å². The molecule has 0 saturated heterocycles. The second kappa shape index (κ2) is 8.58. The molecule has 0 aliphatic heterocycles. The quantitative estimate of drug-likeness (QED) is 0.562. The zero-order chi connectivity index (χ0) is 19.6. The van der Waals surface area contributed by atoms with Gasteiger partial charge in [-0.2, -0.15) is 5.21 Å². The van der Waals surface area contributed by atoms with Crippen molar-refractivity contribution in [3.8, 4) is 5.75 Å². The van der Waals surface area contributed by atoms with E-state index in [1.54, 1.807) is 0 Å². The van der Waals surface area contributed by atoms with Gasteiger partial charge in [0.05, 0.1) is 11.6 Å². The predicted octanol–water partition coefficient (Wildman–Crippen LogP) is 5.59. The van der Waals surface area contributed by atoms with E-state index in [2.05, 4.69) is 33.6 Å². The molecule has 1 fully saturated rings. The summed E-state index contributed by atoms with van der Waals surface area (Å²) in [5.41, 5.74) is 2.89. The molecule has 0 spiro atoms. The lowest BCUT2D eigenvalue weighted by Gasteiger charge is -2.31. The molecule has 0 amide bonds. The van der Waals surface area contributed by atoms with Gasteiger partial charge in [-0.25, -0.2) is 0 Å². The van der Waals surface area contributed by atoms with Gasteiger partial charge < -0.3 is 4.74 Å². The number of H-pyrrole nitrogens is 1. The normalized spacial score (nSPS) is 22.0. The fourth-order valence-electron chi connectivity index (χ4n) is 4.99. The maximum Gasteiger partial charge on any atom is 0.174 e. The molecule has 0 bridgehead atoms. The van der Waals surface area contributed by atoms with Gasteiger partial charge in [0.2, 0.25) is 0 Å². The van der Waals surface area contributed by atoms with Crippen LogP contribution in [0.1, 0.15) is 68.8 Å². The fraction of sp³-hybridized carbons (Fsp3) is 0.667. The summed E-state index contributed by atoms with van der Waals surface area (Å²) in [4.78, 5) is 0. The Morgan fingerprint density at radius 3 is 2.71 bits per heavy atom. The molecule has 1 aromatic carbocycles. The van der Waals surface area contributed by atoms with Crippen LogP contribution in [-0.4, -0.2) is 27.2 Å². The van der Waals surface area contributed by atoms with E-state index in [1.165, 1.54) is 36.8 Å². The number of rotatable bonds is 8. The van der Waals surface area contributed by atoms with Gasteiger partial charge in [0.1, 0.15) is 10.8 Å². The molecule has 1 aromatic heterocycles. The number of hydrogen-bond acceptors (Lipinski definition) is 4. The zero-order valence-electron chi connectivity index (χ0n) is 16.4.